The lowest BCUT2D eigenvalue weighted by molar-refractivity contribution is 0.0754. The molecule has 0 spiro atoms. The van der Waals surface area contributed by atoms with Gasteiger partial charge in [0.2, 0.25) is 0 Å². The molecule has 8 nitrogen and oxygen atoms in total. The Kier molecular flexibility index (Phi) is 4.78. The first kappa shape index (κ1) is 16.5. The number of ether oxygens (including phenoxy) is 2. The lowest BCUT2D eigenvalue weighted by atomic mass is 10.2. The lowest BCUT2D eigenvalue weighted by Crippen LogP contribution is -2.33. The van der Waals surface area contributed by atoms with Crippen LogP contribution in [0.3, 0.4) is 0 Å². The second-order valence-electron chi connectivity index (χ2n) is 5.81. The van der Waals surface area contributed by atoms with Gasteiger partial charge in [0.05, 0.1) is 23.9 Å². The van der Waals surface area contributed by atoms with E-state index in [2.05, 4.69) is 20.6 Å². The number of para-hydroxylation sites is 2. The van der Waals surface area contributed by atoms with Gasteiger partial charge in [-0.05, 0) is 12.1 Å². The first-order valence-electron chi connectivity index (χ1n) is 8.22. The summed E-state index contributed by atoms with van der Waals surface area (Å²) in [6, 6.07) is 7.53. The highest BCUT2D eigenvalue weighted by molar-refractivity contribution is 7.07. The van der Waals surface area contributed by atoms with Crippen LogP contribution in [0.2, 0.25) is 0 Å². The van der Waals surface area contributed by atoms with Crippen molar-refractivity contribution in [1.82, 2.24) is 25.3 Å². The third-order valence-electron chi connectivity index (χ3n) is 3.88. The molecule has 3 heterocycles. The number of hydrogen-bond donors (Lipinski definition) is 1. The Morgan fingerprint density at radius 3 is 3.08 bits per heavy atom. The van der Waals surface area contributed by atoms with Gasteiger partial charge in [-0.2, -0.15) is 0 Å². The fraction of sp³-hybridized carbons (Fsp3) is 0.294. The number of carbonyl (C=O) groups is 1. The number of benzene rings is 1. The quantitative estimate of drug-likeness (QED) is 0.707. The number of aromatic nitrogens is 4. The Morgan fingerprint density at radius 1 is 1.35 bits per heavy atom. The molecule has 0 radical (unpaired) electrons. The van der Waals surface area contributed by atoms with E-state index < -0.39 is 0 Å². The van der Waals surface area contributed by atoms with Gasteiger partial charge >= 0.3 is 0 Å². The van der Waals surface area contributed by atoms with Gasteiger partial charge in [-0.15, -0.1) is 16.4 Å². The Morgan fingerprint density at radius 2 is 2.23 bits per heavy atom. The van der Waals surface area contributed by atoms with E-state index >= 15 is 0 Å². The summed E-state index contributed by atoms with van der Waals surface area (Å²) in [4.78, 5) is 16.3. The number of thiazole rings is 1. The van der Waals surface area contributed by atoms with Gasteiger partial charge in [-0.3, -0.25) is 4.79 Å². The normalized spacial score (nSPS) is 15.6. The van der Waals surface area contributed by atoms with Crippen molar-refractivity contribution in [2.75, 3.05) is 13.2 Å². The zero-order valence-electron chi connectivity index (χ0n) is 13.9. The van der Waals surface area contributed by atoms with Gasteiger partial charge in [0.1, 0.15) is 6.61 Å². The summed E-state index contributed by atoms with van der Waals surface area (Å²) in [5, 5.41) is 12.7. The molecule has 4 rings (SSSR count). The van der Waals surface area contributed by atoms with Crippen molar-refractivity contribution in [2.45, 2.75) is 19.1 Å². The van der Waals surface area contributed by atoms with Crippen LogP contribution in [0.25, 0.3) is 0 Å². The Labute approximate surface area is 153 Å². The SMILES string of the molecule is O=C(NCCc1cscn1)c1cn(CC2COc3ccccc3O2)nn1. The van der Waals surface area contributed by atoms with E-state index in [4.69, 9.17) is 9.47 Å². The van der Waals surface area contributed by atoms with Crippen molar-refractivity contribution in [3.05, 3.63) is 52.7 Å². The molecule has 2 aromatic heterocycles. The van der Waals surface area contributed by atoms with Crippen LogP contribution in [-0.4, -0.2) is 45.1 Å². The van der Waals surface area contributed by atoms with Crippen LogP contribution >= 0.6 is 11.3 Å². The molecule has 0 saturated carbocycles. The molecular weight excluding hydrogens is 354 g/mol. The van der Waals surface area contributed by atoms with Crippen LogP contribution in [0.1, 0.15) is 16.2 Å². The molecule has 3 aromatic rings. The summed E-state index contributed by atoms with van der Waals surface area (Å²) in [7, 11) is 0. The summed E-state index contributed by atoms with van der Waals surface area (Å²) < 4.78 is 13.2. The minimum Gasteiger partial charge on any atom is -0.486 e. The van der Waals surface area contributed by atoms with Crippen LogP contribution in [-0.2, 0) is 13.0 Å². The maximum atomic E-state index is 12.1. The highest BCUT2D eigenvalue weighted by Crippen LogP contribution is 2.31. The second kappa shape index (κ2) is 7.52. The van der Waals surface area contributed by atoms with Crippen molar-refractivity contribution >= 4 is 17.2 Å². The Hall–Kier alpha value is -2.94. The average molecular weight is 371 g/mol. The monoisotopic (exact) mass is 371 g/mol. The van der Waals surface area contributed by atoms with Crippen LogP contribution in [0, 0.1) is 0 Å². The summed E-state index contributed by atoms with van der Waals surface area (Å²) in [6.45, 7) is 1.38. The van der Waals surface area contributed by atoms with Crippen LogP contribution in [0.15, 0.2) is 41.4 Å². The van der Waals surface area contributed by atoms with Gasteiger partial charge in [0.25, 0.3) is 5.91 Å². The molecule has 0 saturated heterocycles. The molecule has 0 fully saturated rings. The maximum absolute atomic E-state index is 12.1. The predicted octanol–water partition coefficient (Wildman–Crippen LogP) is 1.55. The van der Waals surface area contributed by atoms with Crippen molar-refractivity contribution in [2.24, 2.45) is 0 Å². The van der Waals surface area contributed by atoms with E-state index in [0.29, 0.717) is 31.9 Å². The van der Waals surface area contributed by atoms with Crippen molar-refractivity contribution in [3.63, 3.8) is 0 Å². The van der Waals surface area contributed by atoms with Crippen molar-refractivity contribution < 1.29 is 14.3 Å². The number of nitrogens with one attached hydrogen (secondary N) is 1. The van der Waals surface area contributed by atoms with E-state index in [1.165, 1.54) is 11.3 Å². The molecule has 1 aromatic carbocycles. The van der Waals surface area contributed by atoms with Gasteiger partial charge in [-0.1, -0.05) is 17.3 Å². The van der Waals surface area contributed by atoms with Crippen molar-refractivity contribution in [3.8, 4) is 11.5 Å². The zero-order valence-corrected chi connectivity index (χ0v) is 14.7. The molecule has 1 unspecified atom stereocenters. The van der Waals surface area contributed by atoms with E-state index in [0.717, 1.165) is 11.4 Å². The second-order valence-corrected chi connectivity index (χ2v) is 6.53. The molecule has 1 N–H and O–H groups in total. The standard InChI is InChI=1S/C17H17N5O3S/c23-17(18-6-5-12-10-26-11-19-12)14-8-22(21-20-14)7-13-9-24-15-3-1-2-4-16(15)25-13/h1-4,8,10-11,13H,5-7,9H2,(H,18,23). The van der Waals surface area contributed by atoms with E-state index in [9.17, 15) is 4.79 Å². The lowest BCUT2D eigenvalue weighted by Gasteiger charge is -2.26. The Bertz CT molecular complexity index is 880. The largest absolute Gasteiger partial charge is 0.486 e. The average Bonchev–Trinajstić information content (AvgIpc) is 3.34. The molecule has 1 amide bonds. The van der Waals surface area contributed by atoms with Gasteiger partial charge in [-0.25, -0.2) is 9.67 Å². The number of carbonyl (C=O) groups excluding carboxylic acids is 1. The summed E-state index contributed by atoms with van der Waals surface area (Å²) in [5.41, 5.74) is 3.02. The number of amides is 1. The van der Waals surface area contributed by atoms with Crippen LogP contribution in [0.4, 0.5) is 0 Å². The van der Waals surface area contributed by atoms with E-state index in [1.54, 1.807) is 16.4 Å². The molecule has 9 heteroatoms. The van der Waals surface area contributed by atoms with Crippen molar-refractivity contribution in [1.29, 1.82) is 0 Å². The van der Waals surface area contributed by atoms with Gasteiger partial charge in [0.15, 0.2) is 23.3 Å². The fourth-order valence-corrected chi connectivity index (χ4v) is 3.20. The minimum atomic E-state index is -0.252. The predicted molar refractivity (Wildman–Crippen MR) is 94.5 cm³/mol. The molecule has 1 aliphatic rings. The van der Waals surface area contributed by atoms with Crippen LogP contribution in [0.5, 0.6) is 11.5 Å². The molecule has 26 heavy (non-hydrogen) atoms. The molecule has 134 valence electrons. The zero-order chi connectivity index (χ0) is 17.8. The Balaban J connectivity index is 1.30. The molecular formula is C17H17N5O3S. The van der Waals surface area contributed by atoms with Gasteiger partial charge in [0, 0.05) is 18.3 Å². The highest BCUT2D eigenvalue weighted by Gasteiger charge is 2.22. The summed E-state index contributed by atoms with van der Waals surface area (Å²) in [6.07, 6.45) is 2.12. The first-order valence-corrected chi connectivity index (χ1v) is 9.16. The topological polar surface area (TPSA) is 91.2 Å². The fourth-order valence-electron chi connectivity index (χ4n) is 2.61. The molecule has 1 aliphatic heterocycles. The van der Waals surface area contributed by atoms with E-state index in [1.807, 2.05) is 29.6 Å². The maximum Gasteiger partial charge on any atom is 0.273 e. The third kappa shape index (κ3) is 3.83. The summed E-state index contributed by atoms with van der Waals surface area (Å²) in [5.74, 6) is 1.20. The van der Waals surface area contributed by atoms with E-state index in [-0.39, 0.29) is 17.7 Å². The number of rotatable bonds is 6. The third-order valence-corrected chi connectivity index (χ3v) is 4.51. The summed E-state index contributed by atoms with van der Waals surface area (Å²) >= 11 is 1.54. The molecule has 0 bridgehead atoms. The highest BCUT2D eigenvalue weighted by atomic mass is 32.1. The number of hydrogen-bond acceptors (Lipinski definition) is 7. The minimum absolute atomic E-state index is 0.188. The number of fused-ring (bicyclic) bond motifs is 1. The van der Waals surface area contributed by atoms with Crippen LogP contribution < -0.4 is 14.8 Å². The smallest absolute Gasteiger partial charge is 0.273 e. The number of nitrogens with zero attached hydrogens (tertiary/aromatic N) is 4. The first-order chi connectivity index (χ1) is 12.8. The van der Waals surface area contributed by atoms with Gasteiger partial charge < -0.3 is 14.8 Å². The molecule has 0 aliphatic carbocycles. The molecule has 1 atom stereocenters.